The van der Waals surface area contributed by atoms with E-state index in [1.165, 1.54) is 25.7 Å². The van der Waals surface area contributed by atoms with Gasteiger partial charge in [-0.15, -0.1) is 31.1 Å². The molecule has 0 spiro atoms. The first-order valence-electron chi connectivity index (χ1n) is 15.3. The Balaban J connectivity index is 1.51. The minimum Gasteiger partial charge on any atom is -0.494 e. The van der Waals surface area contributed by atoms with Gasteiger partial charge in [-0.25, -0.2) is 9.59 Å². The lowest BCUT2D eigenvalue weighted by Crippen LogP contribution is -2.13. The molecule has 0 aliphatic rings. The van der Waals surface area contributed by atoms with E-state index in [2.05, 4.69) is 45.0 Å². The van der Waals surface area contributed by atoms with Crippen LogP contribution in [0.3, 0.4) is 0 Å². The highest BCUT2D eigenvalue weighted by Gasteiger charge is 2.19. The van der Waals surface area contributed by atoms with Crippen LogP contribution in [0, 0.1) is 18.8 Å². The first kappa shape index (κ1) is 35.9. The second-order valence-electron chi connectivity index (χ2n) is 11.2. The van der Waals surface area contributed by atoms with E-state index < -0.39 is 11.9 Å². The molecule has 44 heavy (non-hydrogen) atoms. The molecule has 0 N–H and O–H groups in total. The van der Waals surface area contributed by atoms with Gasteiger partial charge in [0.2, 0.25) is 0 Å². The van der Waals surface area contributed by atoms with Gasteiger partial charge in [0.05, 0.1) is 29.2 Å². The van der Waals surface area contributed by atoms with Gasteiger partial charge in [0, 0.05) is 0 Å². The van der Waals surface area contributed by atoms with Gasteiger partial charge in [-0.05, 0) is 123 Å². The molecule has 0 radical (unpaired) electrons. The number of benzene rings is 3. The lowest BCUT2D eigenvalue weighted by molar-refractivity contribution is 0.0728. The van der Waals surface area contributed by atoms with Crippen LogP contribution in [-0.2, 0) is 0 Å². The Morgan fingerprint density at radius 2 is 1.18 bits per heavy atom. The molecule has 0 fully saturated rings. The molecule has 0 bridgehead atoms. The van der Waals surface area contributed by atoms with Gasteiger partial charge in [0.1, 0.15) is 23.0 Å². The minimum absolute atomic E-state index is 0.261. The van der Waals surface area contributed by atoms with Crippen molar-refractivity contribution in [3.8, 4) is 23.0 Å². The van der Waals surface area contributed by atoms with E-state index >= 15 is 0 Å². The van der Waals surface area contributed by atoms with Crippen LogP contribution in [0.4, 0.5) is 0 Å². The summed E-state index contributed by atoms with van der Waals surface area (Å²) in [7, 11) is 5.53. The van der Waals surface area contributed by atoms with Crippen molar-refractivity contribution >= 4 is 43.0 Å². The minimum atomic E-state index is -0.526. The summed E-state index contributed by atoms with van der Waals surface area (Å²) in [5, 5.41) is 0. The molecule has 0 heterocycles. The zero-order valence-electron chi connectivity index (χ0n) is 26.1. The molecular weight excluding hydrogens is 610 g/mol. The van der Waals surface area contributed by atoms with Gasteiger partial charge >= 0.3 is 11.9 Å². The number of esters is 2. The maximum absolute atomic E-state index is 12.9. The largest absolute Gasteiger partial charge is 0.494 e. The number of hydrogen-bond donors (Lipinski definition) is 1. The third kappa shape index (κ3) is 11.7. The summed E-state index contributed by atoms with van der Waals surface area (Å²) < 4.78 is 22.9. The average Bonchev–Trinajstić information content (AvgIpc) is 3.02. The van der Waals surface area contributed by atoms with Crippen molar-refractivity contribution in [3.05, 3.63) is 77.4 Å². The lowest BCUT2D eigenvalue weighted by Gasteiger charge is -2.14. The van der Waals surface area contributed by atoms with Crippen LogP contribution in [-0.4, -0.2) is 37.5 Å². The van der Waals surface area contributed by atoms with Crippen LogP contribution >= 0.6 is 31.1 Å². The molecule has 0 amide bonds. The summed E-state index contributed by atoms with van der Waals surface area (Å²) in [6, 6.07) is 17.0. The molecule has 3 rings (SSSR count). The van der Waals surface area contributed by atoms with Crippen LogP contribution < -0.4 is 18.9 Å². The molecule has 0 aliphatic carbocycles. The van der Waals surface area contributed by atoms with Crippen molar-refractivity contribution in [3.63, 3.8) is 0 Å². The fourth-order valence-corrected chi connectivity index (χ4v) is 5.28. The Kier molecular flexibility index (Phi) is 15.5. The van der Waals surface area contributed by atoms with E-state index in [-0.39, 0.29) is 5.75 Å². The Hall–Kier alpha value is -2.59. The fraction of sp³-hybridized carbons (Fsp3) is 0.429. The first-order valence-corrected chi connectivity index (χ1v) is 17.4. The van der Waals surface area contributed by atoms with Crippen molar-refractivity contribution in [1.82, 2.24) is 0 Å². The summed E-state index contributed by atoms with van der Waals surface area (Å²) in [6.45, 7) is 7.50. The predicted octanol–water partition coefficient (Wildman–Crippen LogP) is 8.84. The molecule has 4 unspecified atom stereocenters. The maximum atomic E-state index is 12.9. The molecule has 3 aromatic carbocycles. The molecule has 0 saturated heterocycles. The van der Waals surface area contributed by atoms with E-state index in [4.69, 9.17) is 18.9 Å². The van der Waals surface area contributed by atoms with Crippen molar-refractivity contribution in [1.29, 1.82) is 0 Å². The van der Waals surface area contributed by atoms with Crippen LogP contribution in [0.1, 0.15) is 78.7 Å². The van der Waals surface area contributed by atoms with Crippen molar-refractivity contribution in [2.24, 2.45) is 11.8 Å². The molecule has 3 aromatic rings. The van der Waals surface area contributed by atoms with Crippen LogP contribution in [0.15, 0.2) is 65.6 Å². The van der Waals surface area contributed by atoms with Gasteiger partial charge in [-0.2, -0.15) is 0 Å². The third-order valence-corrected chi connectivity index (χ3v) is 8.87. The number of thiol groups is 1. The second kappa shape index (κ2) is 19.0. The molecule has 9 heteroatoms. The van der Waals surface area contributed by atoms with Gasteiger partial charge < -0.3 is 18.9 Å². The van der Waals surface area contributed by atoms with Gasteiger partial charge in [-0.3, -0.25) is 0 Å². The molecular formula is C35H46O6P2S. The number of carbonyl (C=O) groups excluding carboxylic acids is 2. The predicted molar refractivity (Wildman–Crippen MR) is 187 cm³/mol. The number of ether oxygens (including phenoxy) is 4. The SMILES string of the molecule is Cc1c(C(=O)Oc2ccc(OCCC(C)CCCP)cc2)ccc(OC(=O)c2ccc(OCCC(C)CCCP)cc2)c1S. The normalized spacial score (nSPS) is 12.3. The van der Waals surface area contributed by atoms with Crippen molar-refractivity contribution < 1.29 is 28.5 Å². The van der Waals surface area contributed by atoms with Gasteiger partial charge in [0.15, 0.2) is 0 Å². The molecule has 4 atom stereocenters. The Morgan fingerprint density at radius 3 is 1.70 bits per heavy atom. The highest BCUT2D eigenvalue weighted by Crippen LogP contribution is 2.30. The molecule has 6 nitrogen and oxygen atoms in total. The smallest absolute Gasteiger partial charge is 0.343 e. The van der Waals surface area contributed by atoms with Crippen LogP contribution in [0.2, 0.25) is 0 Å². The van der Waals surface area contributed by atoms with E-state index in [0.29, 0.717) is 58.1 Å². The van der Waals surface area contributed by atoms with Crippen LogP contribution in [0.5, 0.6) is 23.0 Å². The van der Waals surface area contributed by atoms with Crippen LogP contribution in [0.25, 0.3) is 0 Å². The Labute approximate surface area is 272 Å². The summed E-state index contributed by atoms with van der Waals surface area (Å²) in [6.07, 6.45) is 9.03. The topological polar surface area (TPSA) is 71.1 Å². The zero-order chi connectivity index (χ0) is 31.9. The lowest BCUT2D eigenvalue weighted by atomic mass is 10.0. The fourth-order valence-electron chi connectivity index (χ4n) is 4.57. The van der Waals surface area contributed by atoms with Gasteiger partial charge in [-0.1, -0.05) is 26.7 Å². The highest BCUT2D eigenvalue weighted by atomic mass is 32.1. The Morgan fingerprint density at radius 1 is 0.682 bits per heavy atom. The second-order valence-corrected chi connectivity index (χ2v) is 12.8. The molecule has 0 aliphatic heterocycles. The summed E-state index contributed by atoms with van der Waals surface area (Å²) >= 11 is 4.54. The average molecular weight is 657 g/mol. The standard InChI is InChI=1S/C35H46O6P2S/c1-24(6-4-22-42)18-20-38-28-10-8-27(9-11-28)34(36)41-32-17-16-31(26(3)33(32)44)35(37)40-30-14-12-29(13-15-30)39-21-19-25(2)7-5-23-43/h8-17,24-25,44H,4-7,18-23,42-43H2,1-3H3. The quantitative estimate of drug-likeness (QED) is 0.0639. The summed E-state index contributed by atoms with van der Waals surface area (Å²) in [5.41, 5.74) is 1.27. The monoisotopic (exact) mass is 656 g/mol. The molecule has 0 saturated carbocycles. The van der Waals surface area contributed by atoms with E-state index in [9.17, 15) is 9.59 Å². The molecule has 0 aromatic heterocycles. The first-order chi connectivity index (χ1) is 21.2. The van der Waals surface area contributed by atoms with Crippen molar-refractivity contribution in [2.45, 2.75) is 64.2 Å². The number of hydrogen-bond acceptors (Lipinski definition) is 7. The summed E-state index contributed by atoms with van der Waals surface area (Å²) in [5.74, 6) is 2.30. The van der Waals surface area contributed by atoms with E-state index in [1.807, 2.05) is 0 Å². The third-order valence-electron chi connectivity index (χ3n) is 7.50. The zero-order valence-corrected chi connectivity index (χ0v) is 29.3. The summed E-state index contributed by atoms with van der Waals surface area (Å²) in [4.78, 5) is 26.1. The molecule has 238 valence electrons. The van der Waals surface area contributed by atoms with E-state index in [1.54, 1.807) is 67.6 Å². The number of rotatable bonds is 18. The Bertz CT molecular complexity index is 1330. The van der Waals surface area contributed by atoms with E-state index in [0.717, 1.165) is 30.9 Å². The maximum Gasteiger partial charge on any atom is 0.343 e. The van der Waals surface area contributed by atoms with Gasteiger partial charge in [0.25, 0.3) is 0 Å². The number of carbonyl (C=O) groups is 2. The highest BCUT2D eigenvalue weighted by molar-refractivity contribution is 7.80. The van der Waals surface area contributed by atoms with Crippen molar-refractivity contribution in [2.75, 3.05) is 25.5 Å².